The van der Waals surface area contributed by atoms with Gasteiger partial charge in [0.2, 0.25) is 5.91 Å². The normalized spacial score (nSPS) is 10.2. The number of nitro benzene ring substituents is 1. The number of carbonyl (C=O) groups excluding carboxylic acids is 1. The summed E-state index contributed by atoms with van der Waals surface area (Å²) in [5, 5.41) is 16.9. The smallest absolute Gasteiger partial charge is 0.269 e. The lowest BCUT2D eigenvalue weighted by molar-refractivity contribution is -0.384. The lowest BCUT2D eigenvalue weighted by atomic mass is 10.2. The molecule has 0 saturated carbocycles. The molecule has 0 aliphatic rings. The lowest BCUT2D eigenvalue weighted by Crippen LogP contribution is -2.13. The summed E-state index contributed by atoms with van der Waals surface area (Å²) >= 11 is 6.01. The third kappa shape index (κ3) is 5.65. The van der Waals surface area contributed by atoms with E-state index in [1.54, 1.807) is 30.3 Å². The first-order valence-electron chi connectivity index (χ1n) is 7.61. The van der Waals surface area contributed by atoms with E-state index in [1.165, 1.54) is 19.2 Å². The predicted molar refractivity (Wildman–Crippen MR) is 97.5 cm³/mol. The van der Waals surface area contributed by atoms with Crippen LogP contribution in [0.2, 0.25) is 5.02 Å². The minimum Gasteiger partial charge on any atom is -0.495 e. The first kappa shape index (κ1) is 18.5. The van der Waals surface area contributed by atoms with Crippen molar-refractivity contribution < 1.29 is 14.5 Å². The molecule has 0 aliphatic heterocycles. The highest BCUT2D eigenvalue weighted by Crippen LogP contribution is 2.27. The number of ether oxygens (including phenoxy) is 1. The van der Waals surface area contributed by atoms with E-state index in [-0.39, 0.29) is 11.6 Å². The van der Waals surface area contributed by atoms with Crippen molar-refractivity contribution in [3.05, 3.63) is 57.6 Å². The average Bonchev–Trinajstić information content (AvgIpc) is 2.59. The van der Waals surface area contributed by atoms with Crippen molar-refractivity contribution >= 4 is 34.6 Å². The van der Waals surface area contributed by atoms with Crippen LogP contribution in [0, 0.1) is 10.1 Å². The molecule has 2 rings (SSSR count). The van der Waals surface area contributed by atoms with Crippen LogP contribution < -0.4 is 15.4 Å². The van der Waals surface area contributed by atoms with Crippen molar-refractivity contribution in [2.24, 2.45) is 0 Å². The maximum absolute atomic E-state index is 11.9. The summed E-state index contributed by atoms with van der Waals surface area (Å²) < 4.78 is 5.06. The predicted octanol–water partition coefficient (Wildman–Crippen LogP) is 4.09. The molecule has 0 unspecified atom stereocenters. The number of halogens is 1. The maximum Gasteiger partial charge on any atom is 0.269 e. The Kier molecular flexibility index (Phi) is 6.59. The van der Waals surface area contributed by atoms with Crippen molar-refractivity contribution in [3.63, 3.8) is 0 Å². The summed E-state index contributed by atoms with van der Waals surface area (Å²) in [6.07, 6.45) is 0.955. The molecule has 2 aromatic carbocycles. The fourth-order valence-corrected chi connectivity index (χ4v) is 2.41. The molecule has 0 saturated heterocycles. The van der Waals surface area contributed by atoms with Crippen LogP contribution >= 0.6 is 11.6 Å². The fraction of sp³-hybridized carbons (Fsp3) is 0.235. The number of carbonyl (C=O) groups is 1. The summed E-state index contributed by atoms with van der Waals surface area (Å²) in [4.78, 5) is 22.1. The SMILES string of the molecule is COc1ccc(NC(=O)CCCNc2ccc([N+](=O)[O-])cc2)cc1Cl. The monoisotopic (exact) mass is 363 g/mol. The highest BCUT2D eigenvalue weighted by Gasteiger charge is 2.06. The second kappa shape index (κ2) is 8.89. The second-order valence-electron chi connectivity index (χ2n) is 5.23. The molecule has 0 aliphatic carbocycles. The topological polar surface area (TPSA) is 93.5 Å². The molecule has 2 N–H and O–H groups in total. The second-order valence-corrected chi connectivity index (χ2v) is 5.64. The van der Waals surface area contributed by atoms with E-state index in [1.807, 2.05) is 0 Å². The number of anilines is 2. The molecular weight excluding hydrogens is 346 g/mol. The Morgan fingerprint density at radius 1 is 1.20 bits per heavy atom. The molecular formula is C17H18ClN3O4. The molecule has 25 heavy (non-hydrogen) atoms. The number of nitrogens with one attached hydrogen (secondary N) is 2. The minimum absolute atomic E-state index is 0.0445. The van der Waals surface area contributed by atoms with E-state index in [4.69, 9.17) is 16.3 Å². The Morgan fingerprint density at radius 3 is 2.48 bits per heavy atom. The van der Waals surface area contributed by atoms with Gasteiger partial charge in [0, 0.05) is 36.5 Å². The van der Waals surface area contributed by atoms with Gasteiger partial charge in [0.15, 0.2) is 0 Å². The van der Waals surface area contributed by atoms with Gasteiger partial charge < -0.3 is 15.4 Å². The van der Waals surface area contributed by atoms with Crippen molar-refractivity contribution in [3.8, 4) is 5.75 Å². The van der Waals surface area contributed by atoms with E-state index in [9.17, 15) is 14.9 Å². The molecule has 0 atom stereocenters. The van der Waals surface area contributed by atoms with Gasteiger partial charge in [0.25, 0.3) is 5.69 Å². The van der Waals surface area contributed by atoms with Crippen LogP contribution in [0.5, 0.6) is 5.75 Å². The highest BCUT2D eigenvalue weighted by atomic mass is 35.5. The van der Waals surface area contributed by atoms with Crippen LogP contribution in [-0.2, 0) is 4.79 Å². The quantitative estimate of drug-likeness (QED) is 0.418. The Hall–Kier alpha value is -2.80. The van der Waals surface area contributed by atoms with Crippen LogP contribution in [0.3, 0.4) is 0 Å². The van der Waals surface area contributed by atoms with E-state index >= 15 is 0 Å². The Balaban J connectivity index is 1.73. The molecule has 0 radical (unpaired) electrons. The largest absolute Gasteiger partial charge is 0.495 e. The first-order valence-corrected chi connectivity index (χ1v) is 7.99. The summed E-state index contributed by atoms with van der Waals surface area (Å²) in [6.45, 7) is 0.578. The molecule has 0 bridgehead atoms. The molecule has 0 spiro atoms. The van der Waals surface area contributed by atoms with Crippen LogP contribution in [-0.4, -0.2) is 24.5 Å². The van der Waals surface area contributed by atoms with Gasteiger partial charge in [-0.05, 0) is 36.8 Å². The van der Waals surface area contributed by atoms with Crippen LogP contribution in [0.4, 0.5) is 17.1 Å². The zero-order valence-electron chi connectivity index (χ0n) is 13.6. The zero-order chi connectivity index (χ0) is 18.2. The number of nitro groups is 1. The van der Waals surface area contributed by atoms with Crippen molar-refractivity contribution in [2.75, 3.05) is 24.3 Å². The van der Waals surface area contributed by atoms with Crippen molar-refractivity contribution in [1.82, 2.24) is 0 Å². The third-order valence-electron chi connectivity index (χ3n) is 3.42. The zero-order valence-corrected chi connectivity index (χ0v) is 14.4. The van der Waals surface area contributed by atoms with Crippen LogP contribution in [0.25, 0.3) is 0 Å². The van der Waals surface area contributed by atoms with E-state index in [0.29, 0.717) is 35.8 Å². The Morgan fingerprint density at radius 2 is 1.88 bits per heavy atom. The van der Waals surface area contributed by atoms with Gasteiger partial charge in [0.1, 0.15) is 5.75 Å². The number of non-ortho nitro benzene ring substituents is 1. The first-order chi connectivity index (χ1) is 12.0. The standard InChI is InChI=1S/C17H18ClN3O4/c1-25-16-9-6-13(11-15(16)18)20-17(22)3-2-10-19-12-4-7-14(8-5-12)21(23)24/h4-9,11,19H,2-3,10H2,1H3,(H,20,22). The molecule has 132 valence electrons. The summed E-state index contributed by atoms with van der Waals surface area (Å²) in [7, 11) is 1.53. The molecule has 8 heteroatoms. The minimum atomic E-state index is -0.445. The molecule has 1 amide bonds. The van der Waals surface area contributed by atoms with Gasteiger partial charge in [-0.2, -0.15) is 0 Å². The summed E-state index contributed by atoms with van der Waals surface area (Å²) in [6, 6.07) is 11.2. The number of benzene rings is 2. The van der Waals surface area contributed by atoms with Gasteiger partial charge in [-0.3, -0.25) is 14.9 Å². The van der Waals surface area contributed by atoms with Gasteiger partial charge in [-0.15, -0.1) is 0 Å². The number of methoxy groups -OCH3 is 1. The van der Waals surface area contributed by atoms with Gasteiger partial charge >= 0.3 is 0 Å². The van der Waals surface area contributed by atoms with Gasteiger partial charge in [0.05, 0.1) is 17.1 Å². The molecule has 0 heterocycles. The van der Waals surface area contributed by atoms with Crippen molar-refractivity contribution in [2.45, 2.75) is 12.8 Å². The Bertz CT molecular complexity index is 750. The Labute approximate surface area is 150 Å². The number of hydrogen-bond donors (Lipinski definition) is 2. The number of rotatable bonds is 8. The van der Waals surface area contributed by atoms with E-state index in [2.05, 4.69) is 10.6 Å². The highest BCUT2D eigenvalue weighted by molar-refractivity contribution is 6.32. The van der Waals surface area contributed by atoms with Crippen LogP contribution in [0.1, 0.15) is 12.8 Å². The number of hydrogen-bond acceptors (Lipinski definition) is 5. The lowest BCUT2D eigenvalue weighted by Gasteiger charge is -2.09. The average molecular weight is 364 g/mol. The van der Waals surface area contributed by atoms with Crippen LogP contribution in [0.15, 0.2) is 42.5 Å². The molecule has 0 aromatic heterocycles. The maximum atomic E-state index is 11.9. The van der Waals surface area contributed by atoms with Crippen molar-refractivity contribution in [1.29, 1.82) is 0 Å². The summed E-state index contributed by atoms with van der Waals surface area (Å²) in [5.41, 5.74) is 1.43. The van der Waals surface area contributed by atoms with E-state index < -0.39 is 4.92 Å². The van der Waals surface area contributed by atoms with E-state index in [0.717, 1.165) is 5.69 Å². The third-order valence-corrected chi connectivity index (χ3v) is 3.72. The number of amides is 1. The fourth-order valence-electron chi connectivity index (χ4n) is 2.15. The number of nitrogens with zero attached hydrogens (tertiary/aromatic N) is 1. The van der Waals surface area contributed by atoms with Gasteiger partial charge in [-0.1, -0.05) is 11.6 Å². The molecule has 7 nitrogen and oxygen atoms in total. The van der Waals surface area contributed by atoms with Gasteiger partial charge in [-0.25, -0.2) is 0 Å². The molecule has 2 aromatic rings. The molecule has 0 fully saturated rings. The summed E-state index contributed by atoms with van der Waals surface area (Å²) in [5.74, 6) is 0.429.